The number of carbonyl (C=O) groups is 1. The van der Waals surface area contributed by atoms with Crippen LogP contribution in [0.4, 0.5) is 5.69 Å². The summed E-state index contributed by atoms with van der Waals surface area (Å²) in [6.07, 6.45) is -3.31. The summed E-state index contributed by atoms with van der Waals surface area (Å²) in [6, 6.07) is 10.1. The van der Waals surface area contributed by atoms with Crippen molar-refractivity contribution in [3.8, 4) is 0 Å². The highest BCUT2D eigenvalue weighted by Crippen LogP contribution is 2.24. The van der Waals surface area contributed by atoms with Crippen LogP contribution in [0.15, 0.2) is 30.3 Å². The van der Waals surface area contributed by atoms with E-state index < -0.39 is 24.4 Å². The van der Waals surface area contributed by atoms with Gasteiger partial charge in [-0.25, -0.2) is 0 Å². The third-order valence-corrected chi connectivity index (χ3v) is 4.82. The molecule has 7 heteroatoms. The Balaban J connectivity index is 1.51. The molecule has 0 saturated carbocycles. The molecule has 1 amide bonds. The second kappa shape index (κ2) is 7.48. The number of para-hydroxylation sites is 1. The monoisotopic (exact) mass is 335 g/mol. The molecular weight excluding hydrogens is 310 g/mol. The number of amides is 1. The van der Waals surface area contributed by atoms with Crippen LogP contribution in [0, 0.1) is 0 Å². The van der Waals surface area contributed by atoms with Crippen LogP contribution in [0.5, 0.6) is 0 Å². The molecule has 2 fully saturated rings. The normalized spacial score (nSPS) is 30.6. The third kappa shape index (κ3) is 3.54. The zero-order valence-corrected chi connectivity index (χ0v) is 13.6. The van der Waals surface area contributed by atoms with Crippen molar-refractivity contribution in [2.45, 2.75) is 30.8 Å². The highest BCUT2D eigenvalue weighted by molar-refractivity contribution is 5.77. The van der Waals surface area contributed by atoms with Crippen molar-refractivity contribution in [2.75, 3.05) is 37.6 Å². The molecule has 7 nitrogen and oxygen atoms in total. The molecule has 4 atom stereocenters. The third-order valence-electron chi connectivity index (χ3n) is 4.82. The van der Waals surface area contributed by atoms with E-state index in [0.29, 0.717) is 13.1 Å². The largest absolute Gasteiger partial charge is 0.388 e. The molecule has 0 aliphatic carbocycles. The SMILES string of the molecule is NC[C@H]1O[C@H](CC(=O)N2CCN(c3ccccc3)CC2)[C@H](O)[C@@H]1O. The number of hydrogen-bond acceptors (Lipinski definition) is 6. The van der Waals surface area contributed by atoms with Crippen LogP contribution in [0.3, 0.4) is 0 Å². The molecule has 24 heavy (non-hydrogen) atoms. The first kappa shape index (κ1) is 17.2. The van der Waals surface area contributed by atoms with Crippen LogP contribution in [0.2, 0.25) is 0 Å². The standard InChI is InChI=1S/C17H25N3O4/c18-11-14-17(23)16(22)13(24-14)10-15(21)20-8-6-19(7-9-20)12-4-2-1-3-5-12/h1-5,13-14,16-17,22-23H,6-11,18H2/t13-,14-,16+,17-/m1/s1. The van der Waals surface area contributed by atoms with E-state index in [2.05, 4.69) is 17.0 Å². The lowest BCUT2D eigenvalue weighted by molar-refractivity contribution is -0.135. The molecule has 3 rings (SSSR count). The minimum absolute atomic E-state index is 0.0587. The van der Waals surface area contributed by atoms with Crippen molar-refractivity contribution in [2.24, 2.45) is 5.73 Å². The van der Waals surface area contributed by atoms with Crippen LogP contribution < -0.4 is 10.6 Å². The summed E-state index contributed by atoms with van der Waals surface area (Å²) in [4.78, 5) is 16.5. The first-order valence-corrected chi connectivity index (χ1v) is 8.39. The van der Waals surface area contributed by atoms with Gasteiger partial charge >= 0.3 is 0 Å². The predicted molar refractivity (Wildman–Crippen MR) is 89.6 cm³/mol. The van der Waals surface area contributed by atoms with Gasteiger partial charge in [-0.2, -0.15) is 0 Å². The Hall–Kier alpha value is -1.67. The lowest BCUT2D eigenvalue weighted by Gasteiger charge is -2.36. The fourth-order valence-electron chi connectivity index (χ4n) is 3.34. The van der Waals surface area contributed by atoms with E-state index in [1.54, 1.807) is 4.90 Å². The van der Waals surface area contributed by atoms with Gasteiger partial charge in [0.15, 0.2) is 0 Å². The van der Waals surface area contributed by atoms with Gasteiger partial charge in [-0.1, -0.05) is 18.2 Å². The van der Waals surface area contributed by atoms with Crippen LogP contribution in [-0.2, 0) is 9.53 Å². The smallest absolute Gasteiger partial charge is 0.225 e. The molecule has 2 aliphatic rings. The summed E-state index contributed by atoms with van der Waals surface area (Å²) in [5.74, 6) is -0.0587. The number of nitrogens with zero attached hydrogens (tertiary/aromatic N) is 2. The summed E-state index contributed by atoms with van der Waals surface area (Å²) in [5.41, 5.74) is 6.66. The lowest BCUT2D eigenvalue weighted by Crippen LogP contribution is -2.49. The molecule has 132 valence electrons. The summed E-state index contributed by atoms with van der Waals surface area (Å²) in [5, 5.41) is 19.8. The van der Waals surface area contributed by atoms with Crippen molar-refractivity contribution in [3.05, 3.63) is 30.3 Å². The van der Waals surface area contributed by atoms with E-state index in [4.69, 9.17) is 10.5 Å². The average Bonchev–Trinajstić information content (AvgIpc) is 2.90. The number of rotatable bonds is 4. The second-order valence-electron chi connectivity index (χ2n) is 6.34. The van der Waals surface area contributed by atoms with Crippen molar-refractivity contribution < 1.29 is 19.7 Å². The first-order chi connectivity index (χ1) is 11.6. The van der Waals surface area contributed by atoms with Gasteiger partial charge in [-0.15, -0.1) is 0 Å². The number of aliphatic hydroxyl groups excluding tert-OH is 2. The maximum absolute atomic E-state index is 12.4. The highest BCUT2D eigenvalue weighted by Gasteiger charge is 2.43. The lowest BCUT2D eigenvalue weighted by atomic mass is 10.0. The van der Waals surface area contributed by atoms with Crippen molar-refractivity contribution in [1.82, 2.24) is 4.90 Å². The molecule has 1 aromatic carbocycles. The predicted octanol–water partition coefficient (Wildman–Crippen LogP) is -0.827. The Bertz CT molecular complexity index is 548. The van der Waals surface area contributed by atoms with Gasteiger partial charge in [0.25, 0.3) is 0 Å². The molecular formula is C17H25N3O4. The van der Waals surface area contributed by atoms with Gasteiger partial charge in [0.05, 0.1) is 18.6 Å². The molecule has 2 saturated heterocycles. The molecule has 2 heterocycles. The molecule has 4 N–H and O–H groups in total. The van der Waals surface area contributed by atoms with Gasteiger partial charge in [-0.3, -0.25) is 4.79 Å². The maximum Gasteiger partial charge on any atom is 0.225 e. The van der Waals surface area contributed by atoms with E-state index in [0.717, 1.165) is 18.8 Å². The van der Waals surface area contributed by atoms with Gasteiger partial charge in [0.1, 0.15) is 12.2 Å². The summed E-state index contributed by atoms with van der Waals surface area (Å²) < 4.78 is 5.50. The number of anilines is 1. The number of piperazine rings is 1. The highest BCUT2D eigenvalue weighted by atomic mass is 16.5. The molecule has 1 aromatic rings. The topological polar surface area (TPSA) is 99.3 Å². The fraction of sp³-hybridized carbons (Fsp3) is 0.588. The minimum atomic E-state index is -1.06. The number of benzene rings is 1. The van der Waals surface area contributed by atoms with E-state index in [-0.39, 0.29) is 18.9 Å². The van der Waals surface area contributed by atoms with E-state index in [1.807, 2.05) is 18.2 Å². The molecule has 0 aromatic heterocycles. The molecule has 2 aliphatic heterocycles. The Kier molecular flexibility index (Phi) is 5.35. The average molecular weight is 335 g/mol. The fourth-order valence-corrected chi connectivity index (χ4v) is 3.34. The Morgan fingerprint density at radius 2 is 1.71 bits per heavy atom. The van der Waals surface area contributed by atoms with E-state index >= 15 is 0 Å². The van der Waals surface area contributed by atoms with E-state index in [1.165, 1.54) is 0 Å². The van der Waals surface area contributed by atoms with Crippen LogP contribution in [-0.4, -0.2) is 78.2 Å². The number of ether oxygens (including phenoxy) is 1. The van der Waals surface area contributed by atoms with Gasteiger partial charge in [0.2, 0.25) is 5.91 Å². The Morgan fingerprint density at radius 1 is 1.08 bits per heavy atom. The summed E-state index contributed by atoms with van der Waals surface area (Å²) in [6.45, 7) is 2.95. The van der Waals surface area contributed by atoms with Gasteiger partial charge in [-0.05, 0) is 12.1 Å². The van der Waals surface area contributed by atoms with Crippen LogP contribution in [0.25, 0.3) is 0 Å². The second-order valence-corrected chi connectivity index (χ2v) is 6.34. The van der Waals surface area contributed by atoms with Crippen LogP contribution >= 0.6 is 0 Å². The summed E-state index contributed by atoms with van der Waals surface area (Å²) >= 11 is 0. The number of aliphatic hydroxyl groups is 2. The van der Waals surface area contributed by atoms with Crippen molar-refractivity contribution >= 4 is 11.6 Å². The minimum Gasteiger partial charge on any atom is -0.388 e. The summed E-state index contributed by atoms with van der Waals surface area (Å²) in [7, 11) is 0. The first-order valence-electron chi connectivity index (χ1n) is 8.39. The molecule has 0 bridgehead atoms. The number of nitrogens with two attached hydrogens (primary N) is 1. The Morgan fingerprint density at radius 3 is 2.29 bits per heavy atom. The zero-order valence-electron chi connectivity index (χ0n) is 13.6. The van der Waals surface area contributed by atoms with Gasteiger partial charge < -0.3 is 30.5 Å². The Labute approximate surface area is 141 Å². The van der Waals surface area contributed by atoms with Crippen molar-refractivity contribution in [3.63, 3.8) is 0 Å². The van der Waals surface area contributed by atoms with E-state index in [9.17, 15) is 15.0 Å². The quantitative estimate of drug-likeness (QED) is 0.664. The molecule has 0 radical (unpaired) electrons. The van der Waals surface area contributed by atoms with Crippen molar-refractivity contribution in [1.29, 1.82) is 0 Å². The maximum atomic E-state index is 12.4. The molecule has 0 spiro atoms. The number of carbonyl (C=O) groups excluding carboxylic acids is 1. The van der Waals surface area contributed by atoms with Gasteiger partial charge in [0, 0.05) is 38.4 Å². The molecule has 0 unspecified atom stereocenters. The number of hydrogen-bond donors (Lipinski definition) is 3. The van der Waals surface area contributed by atoms with Crippen LogP contribution in [0.1, 0.15) is 6.42 Å². The zero-order chi connectivity index (χ0) is 17.1.